The second kappa shape index (κ2) is 5.33. The van der Waals surface area contributed by atoms with Gasteiger partial charge in [-0.1, -0.05) is 0 Å². The van der Waals surface area contributed by atoms with Crippen LogP contribution in [-0.4, -0.2) is 68.9 Å². The number of nitrogen functional groups attached to an aromatic ring is 1. The number of ether oxygens (including phenoxy) is 1. The number of nitrogens with zero attached hydrogens (tertiary/aromatic N) is 6. The van der Waals surface area contributed by atoms with Gasteiger partial charge in [0.25, 0.3) is 5.78 Å². The lowest BCUT2D eigenvalue weighted by atomic mass is 10.4. The van der Waals surface area contributed by atoms with Crippen molar-refractivity contribution in [2.24, 2.45) is 0 Å². The molecule has 0 aliphatic carbocycles. The molecule has 1 saturated heterocycles. The molecule has 0 saturated carbocycles. The third-order valence-electron chi connectivity index (χ3n) is 2.99. The SMILES string of the molecule is Nc1ncnc2nc(NCCN3CCOCC3)nn12. The zero-order chi connectivity index (χ0) is 13.1. The van der Waals surface area contributed by atoms with E-state index in [-0.39, 0.29) is 5.95 Å². The lowest BCUT2D eigenvalue weighted by Gasteiger charge is -2.26. The standard InChI is InChI=1S/C10H16N8O/c11-8-13-7-14-10-15-9(16-18(8)10)12-1-2-17-3-5-19-6-4-17/h7H,1-6H2,(H3,11,12,13,14,15,16). The van der Waals surface area contributed by atoms with Crippen LogP contribution in [0.2, 0.25) is 0 Å². The molecule has 19 heavy (non-hydrogen) atoms. The number of rotatable bonds is 4. The van der Waals surface area contributed by atoms with E-state index in [1.165, 1.54) is 10.8 Å². The number of aromatic nitrogens is 5. The van der Waals surface area contributed by atoms with Crippen molar-refractivity contribution in [2.45, 2.75) is 0 Å². The first kappa shape index (κ1) is 12.1. The van der Waals surface area contributed by atoms with Gasteiger partial charge in [-0.05, 0) is 0 Å². The van der Waals surface area contributed by atoms with Crippen LogP contribution in [0.15, 0.2) is 6.33 Å². The molecule has 1 aliphatic heterocycles. The molecule has 1 aliphatic rings. The summed E-state index contributed by atoms with van der Waals surface area (Å²) in [4.78, 5) is 14.4. The first-order valence-electron chi connectivity index (χ1n) is 6.20. The molecular weight excluding hydrogens is 248 g/mol. The van der Waals surface area contributed by atoms with Gasteiger partial charge in [0.1, 0.15) is 6.33 Å². The van der Waals surface area contributed by atoms with Gasteiger partial charge in [0.2, 0.25) is 11.9 Å². The molecule has 3 heterocycles. The first-order valence-corrected chi connectivity index (χ1v) is 6.20. The van der Waals surface area contributed by atoms with Crippen molar-refractivity contribution in [1.29, 1.82) is 0 Å². The molecule has 1 fully saturated rings. The Morgan fingerprint density at radius 3 is 2.95 bits per heavy atom. The summed E-state index contributed by atoms with van der Waals surface area (Å²) in [6.07, 6.45) is 1.37. The van der Waals surface area contributed by atoms with Crippen LogP contribution in [0.5, 0.6) is 0 Å². The average molecular weight is 264 g/mol. The minimum absolute atomic E-state index is 0.277. The van der Waals surface area contributed by atoms with E-state index in [0.717, 1.165) is 39.4 Å². The van der Waals surface area contributed by atoms with Crippen LogP contribution >= 0.6 is 0 Å². The van der Waals surface area contributed by atoms with E-state index in [1.807, 2.05) is 0 Å². The molecule has 0 aromatic carbocycles. The van der Waals surface area contributed by atoms with Crippen molar-refractivity contribution in [3.8, 4) is 0 Å². The van der Waals surface area contributed by atoms with Crippen LogP contribution < -0.4 is 11.1 Å². The Bertz CT molecular complexity index is 549. The predicted octanol–water partition coefficient (Wildman–Crippen LogP) is -1.15. The summed E-state index contributed by atoms with van der Waals surface area (Å²) >= 11 is 0. The summed E-state index contributed by atoms with van der Waals surface area (Å²) in [7, 11) is 0. The number of nitrogens with one attached hydrogen (secondary N) is 1. The zero-order valence-electron chi connectivity index (χ0n) is 10.5. The molecule has 0 spiro atoms. The fourth-order valence-electron chi connectivity index (χ4n) is 1.96. The molecule has 2 aromatic rings. The molecule has 3 rings (SSSR count). The highest BCUT2D eigenvalue weighted by molar-refractivity contribution is 5.40. The smallest absolute Gasteiger partial charge is 0.258 e. The van der Waals surface area contributed by atoms with Gasteiger partial charge in [-0.3, -0.25) is 4.90 Å². The van der Waals surface area contributed by atoms with Gasteiger partial charge in [0, 0.05) is 26.2 Å². The first-order chi connectivity index (χ1) is 9.33. The molecule has 9 heteroatoms. The maximum atomic E-state index is 5.67. The Morgan fingerprint density at radius 1 is 1.32 bits per heavy atom. The Hall–Kier alpha value is -2.00. The summed E-state index contributed by atoms with van der Waals surface area (Å²) in [6.45, 7) is 5.25. The van der Waals surface area contributed by atoms with Crippen LogP contribution in [0.3, 0.4) is 0 Å². The fraction of sp³-hybridized carbons (Fsp3) is 0.600. The highest BCUT2D eigenvalue weighted by Crippen LogP contribution is 2.05. The molecule has 3 N–H and O–H groups in total. The number of morpholine rings is 1. The molecular formula is C10H16N8O. The molecule has 0 unspecified atom stereocenters. The third-order valence-corrected chi connectivity index (χ3v) is 2.99. The predicted molar refractivity (Wildman–Crippen MR) is 68.7 cm³/mol. The average Bonchev–Trinajstić information content (AvgIpc) is 2.84. The summed E-state index contributed by atoms with van der Waals surface area (Å²) < 4.78 is 6.71. The highest BCUT2D eigenvalue weighted by Gasteiger charge is 2.10. The van der Waals surface area contributed by atoms with E-state index in [4.69, 9.17) is 10.5 Å². The summed E-state index contributed by atoms with van der Waals surface area (Å²) in [5, 5.41) is 7.36. The lowest BCUT2D eigenvalue weighted by molar-refractivity contribution is 0.0398. The molecule has 0 radical (unpaired) electrons. The Labute approximate surface area is 109 Å². The normalized spacial score (nSPS) is 16.8. The number of hydrogen-bond acceptors (Lipinski definition) is 8. The number of nitrogens with two attached hydrogens (primary N) is 1. The highest BCUT2D eigenvalue weighted by atomic mass is 16.5. The van der Waals surface area contributed by atoms with Crippen molar-refractivity contribution in [3.63, 3.8) is 0 Å². The molecule has 9 nitrogen and oxygen atoms in total. The van der Waals surface area contributed by atoms with Crippen molar-refractivity contribution < 1.29 is 4.74 Å². The van der Waals surface area contributed by atoms with Gasteiger partial charge in [-0.2, -0.15) is 14.5 Å². The Balaban J connectivity index is 1.57. The third kappa shape index (κ3) is 2.71. The van der Waals surface area contributed by atoms with Crippen LogP contribution in [-0.2, 0) is 4.74 Å². The Kier molecular flexibility index (Phi) is 3.38. The Morgan fingerprint density at radius 2 is 2.16 bits per heavy atom. The van der Waals surface area contributed by atoms with Crippen LogP contribution in [0.4, 0.5) is 11.9 Å². The quantitative estimate of drug-likeness (QED) is 0.712. The van der Waals surface area contributed by atoms with E-state index in [9.17, 15) is 0 Å². The van der Waals surface area contributed by atoms with E-state index in [0.29, 0.717) is 11.7 Å². The van der Waals surface area contributed by atoms with E-state index in [2.05, 4.69) is 30.3 Å². The van der Waals surface area contributed by atoms with Gasteiger partial charge in [0.05, 0.1) is 13.2 Å². The molecule has 2 aromatic heterocycles. The van der Waals surface area contributed by atoms with E-state index < -0.39 is 0 Å². The second-order valence-electron chi connectivity index (χ2n) is 4.26. The number of fused-ring (bicyclic) bond motifs is 1. The van der Waals surface area contributed by atoms with Crippen molar-refractivity contribution in [2.75, 3.05) is 50.4 Å². The van der Waals surface area contributed by atoms with Gasteiger partial charge in [0.15, 0.2) is 0 Å². The van der Waals surface area contributed by atoms with E-state index >= 15 is 0 Å². The van der Waals surface area contributed by atoms with Crippen molar-refractivity contribution in [3.05, 3.63) is 6.33 Å². The second-order valence-corrected chi connectivity index (χ2v) is 4.26. The zero-order valence-corrected chi connectivity index (χ0v) is 10.5. The van der Waals surface area contributed by atoms with Gasteiger partial charge < -0.3 is 15.8 Å². The number of hydrogen-bond donors (Lipinski definition) is 2. The maximum absolute atomic E-state index is 5.67. The van der Waals surface area contributed by atoms with Crippen LogP contribution in [0.1, 0.15) is 0 Å². The summed E-state index contributed by atoms with van der Waals surface area (Å²) in [5.41, 5.74) is 5.67. The summed E-state index contributed by atoms with van der Waals surface area (Å²) in [5.74, 6) is 1.24. The van der Waals surface area contributed by atoms with Crippen LogP contribution in [0, 0.1) is 0 Å². The van der Waals surface area contributed by atoms with Gasteiger partial charge >= 0.3 is 0 Å². The largest absolute Gasteiger partial charge is 0.379 e. The molecule has 0 atom stereocenters. The van der Waals surface area contributed by atoms with Crippen molar-refractivity contribution >= 4 is 17.7 Å². The molecule has 102 valence electrons. The fourth-order valence-corrected chi connectivity index (χ4v) is 1.96. The number of anilines is 2. The van der Waals surface area contributed by atoms with Crippen molar-refractivity contribution in [1.82, 2.24) is 29.5 Å². The monoisotopic (exact) mass is 264 g/mol. The minimum atomic E-state index is 0.277. The topological polar surface area (TPSA) is 106 Å². The van der Waals surface area contributed by atoms with Gasteiger partial charge in [-0.15, -0.1) is 5.10 Å². The van der Waals surface area contributed by atoms with Gasteiger partial charge in [-0.25, -0.2) is 4.98 Å². The lowest BCUT2D eigenvalue weighted by Crippen LogP contribution is -2.39. The molecule has 0 bridgehead atoms. The molecule has 0 amide bonds. The van der Waals surface area contributed by atoms with E-state index in [1.54, 1.807) is 0 Å². The summed E-state index contributed by atoms with van der Waals surface area (Å²) in [6, 6.07) is 0. The van der Waals surface area contributed by atoms with Crippen LogP contribution in [0.25, 0.3) is 5.78 Å². The minimum Gasteiger partial charge on any atom is -0.379 e. The maximum Gasteiger partial charge on any atom is 0.258 e.